The molecule has 0 aromatic carbocycles. The topological polar surface area (TPSA) is 51.8 Å². The van der Waals surface area contributed by atoms with E-state index < -0.39 is 0 Å². The van der Waals surface area contributed by atoms with Gasteiger partial charge in [-0.3, -0.25) is 0 Å². The molecular weight excluding hydrogens is 138 g/mol. The highest BCUT2D eigenvalue weighted by Crippen LogP contribution is 2.10. The first-order valence-electron chi connectivity index (χ1n) is 3.46. The minimum Gasteiger partial charge on any atom is -0.324 e. The first kappa shape index (κ1) is 7.88. The second kappa shape index (κ2) is 3.83. The first-order chi connectivity index (χ1) is 5.34. The monoisotopic (exact) mass is 149 g/mol. The molecule has 0 aliphatic carbocycles. The predicted molar refractivity (Wildman–Crippen MR) is 43.8 cm³/mol. The Morgan fingerprint density at radius 1 is 1.55 bits per heavy atom. The molecule has 0 spiro atoms. The SMILES string of the molecule is C=CC[C@H](N)c1cncnc1. The van der Waals surface area contributed by atoms with Gasteiger partial charge in [0.15, 0.2) is 0 Å². The van der Waals surface area contributed by atoms with E-state index in [2.05, 4.69) is 16.5 Å². The standard InChI is InChI=1S/C8H11N3/c1-2-3-8(9)7-4-10-6-11-5-7/h2,4-6,8H,1,3,9H2/t8-/m0/s1. The van der Waals surface area contributed by atoms with Gasteiger partial charge in [0, 0.05) is 24.0 Å². The molecule has 0 saturated heterocycles. The van der Waals surface area contributed by atoms with Crippen molar-refractivity contribution in [3.05, 3.63) is 36.9 Å². The maximum atomic E-state index is 5.75. The normalized spacial score (nSPS) is 12.5. The van der Waals surface area contributed by atoms with Crippen molar-refractivity contribution in [2.75, 3.05) is 0 Å². The van der Waals surface area contributed by atoms with Gasteiger partial charge in [-0.1, -0.05) is 6.08 Å². The largest absolute Gasteiger partial charge is 0.324 e. The van der Waals surface area contributed by atoms with Gasteiger partial charge in [0.05, 0.1) is 0 Å². The van der Waals surface area contributed by atoms with Crippen LogP contribution in [0, 0.1) is 0 Å². The third kappa shape index (κ3) is 2.13. The zero-order chi connectivity index (χ0) is 8.10. The van der Waals surface area contributed by atoms with E-state index in [4.69, 9.17) is 5.73 Å². The summed E-state index contributed by atoms with van der Waals surface area (Å²) >= 11 is 0. The second-order valence-corrected chi connectivity index (χ2v) is 2.30. The lowest BCUT2D eigenvalue weighted by molar-refractivity contribution is 0.731. The quantitative estimate of drug-likeness (QED) is 0.653. The molecule has 1 atom stereocenters. The van der Waals surface area contributed by atoms with Gasteiger partial charge in [-0.25, -0.2) is 9.97 Å². The van der Waals surface area contributed by atoms with Crippen LogP contribution in [0.25, 0.3) is 0 Å². The van der Waals surface area contributed by atoms with Gasteiger partial charge in [-0.05, 0) is 6.42 Å². The van der Waals surface area contributed by atoms with Crippen LogP contribution in [0.2, 0.25) is 0 Å². The fourth-order valence-corrected chi connectivity index (χ4v) is 0.818. The fraction of sp³-hybridized carbons (Fsp3) is 0.250. The van der Waals surface area contributed by atoms with Gasteiger partial charge in [0.25, 0.3) is 0 Å². The summed E-state index contributed by atoms with van der Waals surface area (Å²) in [6.45, 7) is 3.61. The summed E-state index contributed by atoms with van der Waals surface area (Å²) in [5.41, 5.74) is 6.71. The van der Waals surface area contributed by atoms with E-state index in [1.165, 1.54) is 6.33 Å². The highest BCUT2D eigenvalue weighted by atomic mass is 14.8. The second-order valence-electron chi connectivity index (χ2n) is 2.30. The molecule has 3 nitrogen and oxygen atoms in total. The molecule has 1 aromatic rings. The summed E-state index contributed by atoms with van der Waals surface area (Å²) in [5, 5.41) is 0. The minimum atomic E-state index is -0.0197. The molecule has 3 heteroatoms. The molecule has 11 heavy (non-hydrogen) atoms. The number of nitrogens with two attached hydrogens (primary N) is 1. The third-order valence-corrected chi connectivity index (χ3v) is 1.43. The maximum Gasteiger partial charge on any atom is 0.115 e. The van der Waals surface area contributed by atoms with Gasteiger partial charge in [0.2, 0.25) is 0 Å². The Balaban J connectivity index is 2.68. The lowest BCUT2D eigenvalue weighted by Crippen LogP contribution is -2.09. The molecule has 0 saturated carbocycles. The van der Waals surface area contributed by atoms with Crippen LogP contribution in [0.5, 0.6) is 0 Å². The van der Waals surface area contributed by atoms with Crippen molar-refractivity contribution < 1.29 is 0 Å². The van der Waals surface area contributed by atoms with Crippen molar-refractivity contribution in [2.45, 2.75) is 12.5 Å². The van der Waals surface area contributed by atoms with E-state index in [9.17, 15) is 0 Å². The molecule has 58 valence electrons. The molecule has 0 unspecified atom stereocenters. The van der Waals surface area contributed by atoms with Crippen LogP contribution in [-0.4, -0.2) is 9.97 Å². The summed E-state index contributed by atoms with van der Waals surface area (Å²) < 4.78 is 0. The Kier molecular flexibility index (Phi) is 2.74. The smallest absolute Gasteiger partial charge is 0.115 e. The van der Waals surface area contributed by atoms with Crippen molar-refractivity contribution in [3.63, 3.8) is 0 Å². The number of aromatic nitrogens is 2. The van der Waals surface area contributed by atoms with Gasteiger partial charge in [0.1, 0.15) is 6.33 Å². The van der Waals surface area contributed by atoms with Crippen LogP contribution >= 0.6 is 0 Å². The van der Waals surface area contributed by atoms with Crippen LogP contribution in [0.3, 0.4) is 0 Å². The molecule has 1 heterocycles. The molecule has 2 N–H and O–H groups in total. The van der Waals surface area contributed by atoms with E-state index in [0.717, 1.165) is 12.0 Å². The zero-order valence-corrected chi connectivity index (χ0v) is 6.27. The Bertz CT molecular complexity index is 220. The third-order valence-electron chi connectivity index (χ3n) is 1.43. The summed E-state index contributed by atoms with van der Waals surface area (Å²) in [6, 6.07) is -0.0197. The summed E-state index contributed by atoms with van der Waals surface area (Å²) in [6.07, 6.45) is 7.48. The van der Waals surface area contributed by atoms with E-state index in [-0.39, 0.29) is 6.04 Å². The molecule has 0 bridgehead atoms. The molecule has 0 radical (unpaired) electrons. The van der Waals surface area contributed by atoms with Crippen molar-refractivity contribution in [1.29, 1.82) is 0 Å². The van der Waals surface area contributed by atoms with Crippen LogP contribution in [0.1, 0.15) is 18.0 Å². The maximum absolute atomic E-state index is 5.75. The molecule has 0 aliphatic rings. The van der Waals surface area contributed by atoms with Crippen LogP contribution < -0.4 is 5.73 Å². The van der Waals surface area contributed by atoms with E-state index in [0.29, 0.717) is 0 Å². The summed E-state index contributed by atoms with van der Waals surface area (Å²) in [7, 11) is 0. The van der Waals surface area contributed by atoms with Crippen molar-refractivity contribution >= 4 is 0 Å². The molecular formula is C8H11N3. The van der Waals surface area contributed by atoms with Gasteiger partial charge < -0.3 is 5.73 Å². The first-order valence-corrected chi connectivity index (χ1v) is 3.46. The molecule has 0 amide bonds. The average molecular weight is 149 g/mol. The molecule has 0 fully saturated rings. The van der Waals surface area contributed by atoms with Crippen LogP contribution in [-0.2, 0) is 0 Å². The lowest BCUT2D eigenvalue weighted by Gasteiger charge is -2.06. The Morgan fingerprint density at radius 2 is 2.18 bits per heavy atom. The van der Waals surface area contributed by atoms with Crippen molar-refractivity contribution in [2.24, 2.45) is 5.73 Å². The van der Waals surface area contributed by atoms with Gasteiger partial charge in [-0.2, -0.15) is 0 Å². The Morgan fingerprint density at radius 3 is 2.73 bits per heavy atom. The Labute approximate surface area is 66.0 Å². The van der Waals surface area contributed by atoms with E-state index >= 15 is 0 Å². The molecule has 1 rings (SSSR count). The number of nitrogens with zero attached hydrogens (tertiary/aromatic N) is 2. The summed E-state index contributed by atoms with van der Waals surface area (Å²) in [5.74, 6) is 0. The Hall–Kier alpha value is -1.22. The number of hydrogen-bond donors (Lipinski definition) is 1. The molecule has 1 aromatic heterocycles. The average Bonchev–Trinajstić information content (AvgIpc) is 2.07. The molecule has 0 aliphatic heterocycles. The zero-order valence-electron chi connectivity index (χ0n) is 6.27. The van der Waals surface area contributed by atoms with E-state index in [1.54, 1.807) is 18.5 Å². The highest BCUT2D eigenvalue weighted by Gasteiger charge is 2.02. The minimum absolute atomic E-state index is 0.0197. The lowest BCUT2D eigenvalue weighted by atomic mass is 10.1. The fourth-order valence-electron chi connectivity index (χ4n) is 0.818. The highest BCUT2D eigenvalue weighted by molar-refractivity contribution is 5.09. The van der Waals surface area contributed by atoms with Crippen LogP contribution in [0.15, 0.2) is 31.4 Å². The van der Waals surface area contributed by atoms with E-state index in [1.807, 2.05) is 0 Å². The van der Waals surface area contributed by atoms with Crippen molar-refractivity contribution in [1.82, 2.24) is 9.97 Å². The van der Waals surface area contributed by atoms with Gasteiger partial charge in [-0.15, -0.1) is 6.58 Å². The van der Waals surface area contributed by atoms with Crippen molar-refractivity contribution in [3.8, 4) is 0 Å². The van der Waals surface area contributed by atoms with Crippen LogP contribution in [0.4, 0.5) is 0 Å². The number of hydrogen-bond acceptors (Lipinski definition) is 3. The van der Waals surface area contributed by atoms with Gasteiger partial charge >= 0.3 is 0 Å². The number of rotatable bonds is 3. The summed E-state index contributed by atoms with van der Waals surface area (Å²) in [4.78, 5) is 7.73. The predicted octanol–water partition coefficient (Wildman–Crippen LogP) is 1.05.